The average molecular weight is 291 g/mol. The summed E-state index contributed by atoms with van der Waals surface area (Å²) in [6.07, 6.45) is 6.33. The van der Waals surface area contributed by atoms with Gasteiger partial charge in [-0.05, 0) is 44.7 Å². The zero-order valence-electron chi connectivity index (χ0n) is 12.8. The van der Waals surface area contributed by atoms with Crippen LogP contribution in [0.2, 0.25) is 0 Å². The highest BCUT2D eigenvalue weighted by Crippen LogP contribution is 2.26. The fraction of sp³-hybridized carbons (Fsp3) is 0.533. The van der Waals surface area contributed by atoms with Crippen molar-refractivity contribution < 1.29 is 4.74 Å². The SMILES string of the molecule is Cc1nc(/C(N)=C(\N)N(C)N)ccc1OC1CCCCC1. The molecule has 2 rings (SSSR count). The Morgan fingerprint density at radius 3 is 2.48 bits per heavy atom. The number of hydrogen-bond acceptors (Lipinski definition) is 6. The molecular formula is C15H25N5O. The molecule has 1 aromatic rings. The number of rotatable bonds is 4. The first kappa shape index (κ1) is 15.4. The van der Waals surface area contributed by atoms with Gasteiger partial charge in [-0.25, -0.2) is 10.8 Å². The number of aryl methyl sites for hydroxylation is 1. The molecule has 116 valence electrons. The molecule has 0 amide bonds. The zero-order valence-corrected chi connectivity index (χ0v) is 12.8. The molecule has 6 heteroatoms. The predicted octanol–water partition coefficient (Wildman–Crippen LogP) is 1.45. The van der Waals surface area contributed by atoms with Crippen LogP contribution in [0.25, 0.3) is 5.70 Å². The lowest BCUT2D eigenvalue weighted by atomic mass is 9.98. The molecule has 1 fully saturated rings. The highest BCUT2D eigenvalue weighted by atomic mass is 16.5. The van der Waals surface area contributed by atoms with Crippen LogP contribution in [0.4, 0.5) is 0 Å². The summed E-state index contributed by atoms with van der Waals surface area (Å²) in [7, 11) is 1.63. The fourth-order valence-electron chi connectivity index (χ4n) is 2.51. The summed E-state index contributed by atoms with van der Waals surface area (Å²) in [5.74, 6) is 6.70. The quantitative estimate of drug-likeness (QED) is 0.573. The minimum absolute atomic E-state index is 0.294. The van der Waals surface area contributed by atoms with Crippen molar-refractivity contribution >= 4 is 5.70 Å². The lowest BCUT2D eigenvalue weighted by Gasteiger charge is -2.23. The summed E-state index contributed by atoms with van der Waals surface area (Å²) in [4.78, 5) is 4.47. The zero-order chi connectivity index (χ0) is 15.4. The Labute approximate surface area is 125 Å². The van der Waals surface area contributed by atoms with Crippen LogP contribution < -0.4 is 22.0 Å². The fourth-order valence-corrected chi connectivity index (χ4v) is 2.51. The smallest absolute Gasteiger partial charge is 0.140 e. The minimum Gasteiger partial charge on any atom is -0.489 e. The molecule has 1 heterocycles. The minimum atomic E-state index is 0.294. The van der Waals surface area contributed by atoms with Gasteiger partial charge in [-0.15, -0.1) is 0 Å². The topological polar surface area (TPSA) is 103 Å². The Balaban J connectivity index is 2.15. The highest BCUT2D eigenvalue weighted by Gasteiger charge is 2.16. The van der Waals surface area contributed by atoms with Gasteiger partial charge in [0, 0.05) is 7.05 Å². The first-order chi connectivity index (χ1) is 9.99. The van der Waals surface area contributed by atoms with Crippen LogP contribution in [0.15, 0.2) is 18.0 Å². The van der Waals surface area contributed by atoms with E-state index in [1.54, 1.807) is 7.05 Å². The van der Waals surface area contributed by atoms with Gasteiger partial charge in [-0.2, -0.15) is 0 Å². The molecule has 6 nitrogen and oxygen atoms in total. The van der Waals surface area contributed by atoms with Gasteiger partial charge in [0.25, 0.3) is 0 Å². The van der Waals surface area contributed by atoms with Gasteiger partial charge < -0.3 is 16.2 Å². The summed E-state index contributed by atoms with van der Waals surface area (Å²) < 4.78 is 6.04. The van der Waals surface area contributed by atoms with Crippen molar-refractivity contribution in [1.82, 2.24) is 9.99 Å². The number of ether oxygens (including phenoxy) is 1. The second kappa shape index (κ2) is 6.67. The van der Waals surface area contributed by atoms with Crippen LogP contribution in [-0.2, 0) is 0 Å². The predicted molar refractivity (Wildman–Crippen MR) is 83.7 cm³/mol. The second-order valence-electron chi connectivity index (χ2n) is 5.57. The molecule has 0 radical (unpaired) electrons. The summed E-state index contributed by atoms with van der Waals surface area (Å²) in [5.41, 5.74) is 13.6. The Hall–Kier alpha value is -1.95. The average Bonchev–Trinajstić information content (AvgIpc) is 2.48. The third kappa shape index (κ3) is 3.78. The monoisotopic (exact) mass is 291 g/mol. The van der Waals surface area contributed by atoms with E-state index in [9.17, 15) is 0 Å². The van der Waals surface area contributed by atoms with Crippen LogP contribution in [0.3, 0.4) is 0 Å². The molecule has 21 heavy (non-hydrogen) atoms. The molecule has 0 unspecified atom stereocenters. The summed E-state index contributed by atoms with van der Waals surface area (Å²) in [6.45, 7) is 1.91. The lowest BCUT2D eigenvalue weighted by molar-refractivity contribution is 0.153. The Bertz CT molecular complexity index is 521. The van der Waals surface area contributed by atoms with E-state index in [0.717, 1.165) is 24.3 Å². The molecule has 0 atom stereocenters. The van der Waals surface area contributed by atoms with Gasteiger partial charge in [-0.1, -0.05) is 6.42 Å². The molecule has 0 aromatic carbocycles. The molecule has 1 aliphatic rings. The molecule has 0 spiro atoms. The molecule has 6 N–H and O–H groups in total. The van der Waals surface area contributed by atoms with E-state index < -0.39 is 0 Å². The Morgan fingerprint density at radius 2 is 1.90 bits per heavy atom. The van der Waals surface area contributed by atoms with E-state index in [1.807, 2.05) is 19.1 Å². The second-order valence-corrected chi connectivity index (χ2v) is 5.57. The molecule has 0 saturated heterocycles. The van der Waals surface area contributed by atoms with Crippen molar-refractivity contribution in [1.29, 1.82) is 0 Å². The van der Waals surface area contributed by atoms with Gasteiger partial charge in [0.2, 0.25) is 0 Å². The lowest BCUT2D eigenvalue weighted by Crippen LogP contribution is -2.32. The first-order valence-electron chi connectivity index (χ1n) is 7.37. The molecule has 0 aliphatic heterocycles. The van der Waals surface area contributed by atoms with Crippen LogP contribution in [-0.4, -0.2) is 23.1 Å². The highest BCUT2D eigenvalue weighted by molar-refractivity contribution is 5.62. The largest absolute Gasteiger partial charge is 0.489 e. The maximum Gasteiger partial charge on any atom is 0.140 e. The van der Waals surface area contributed by atoms with E-state index in [2.05, 4.69) is 4.98 Å². The van der Waals surface area contributed by atoms with Gasteiger partial charge in [0.1, 0.15) is 11.6 Å². The number of hydrazine groups is 1. The first-order valence-corrected chi connectivity index (χ1v) is 7.37. The van der Waals surface area contributed by atoms with E-state index in [-0.39, 0.29) is 0 Å². The van der Waals surface area contributed by atoms with Gasteiger partial charge in [-0.3, -0.25) is 5.01 Å². The van der Waals surface area contributed by atoms with E-state index in [4.69, 9.17) is 22.0 Å². The maximum atomic E-state index is 6.04. The summed E-state index contributed by atoms with van der Waals surface area (Å²) in [6, 6.07) is 3.72. The van der Waals surface area contributed by atoms with Crippen LogP contribution in [0.1, 0.15) is 43.5 Å². The van der Waals surface area contributed by atoms with Gasteiger partial charge in [0.15, 0.2) is 0 Å². The van der Waals surface area contributed by atoms with Crippen molar-refractivity contribution in [3.8, 4) is 5.75 Å². The van der Waals surface area contributed by atoms with Gasteiger partial charge in [0.05, 0.1) is 23.2 Å². The van der Waals surface area contributed by atoms with Crippen molar-refractivity contribution in [2.75, 3.05) is 7.05 Å². The standard InChI is InChI=1S/C15H25N5O/c1-10-13(21-11-6-4-3-5-7-11)9-8-12(19-10)14(16)15(17)20(2)18/h8-9,11H,3-7,16-18H2,1-2H3/b15-14-. The van der Waals surface area contributed by atoms with E-state index in [0.29, 0.717) is 23.3 Å². The third-order valence-electron chi connectivity index (χ3n) is 3.82. The van der Waals surface area contributed by atoms with E-state index >= 15 is 0 Å². The third-order valence-corrected chi connectivity index (χ3v) is 3.82. The molecule has 1 aliphatic carbocycles. The van der Waals surface area contributed by atoms with Crippen molar-refractivity contribution in [3.63, 3.8) is 0 Å². The van der Waals surface area contributed by atoms with Crippen molar-refractivity contribution in [3.05, 3.63) is 29.3 Å². The van der Waals surface area contributed by atoms with Gasteiger partial charge >= 0.3 is 0 Å². The number of nitrogens with zero attached hydrogens (tertiary/aromatic N) is 2. The molecule has 1 aromatic heterocycles. The Morgan fingerprint density at radius 1 is 1.24 bits per heavy atom. The summed E-state index contributed by atoms with van der Waals surface area (Å²) in [5, 5.41) is 1.28. The maximum absolute atomic E-state index is 6.04. The normalized spacial score (nSPS) is 17.3. The van der Waals surface area contributed by atoms with Crippen LogP contribution in [0, 0.1) is 6.92 Å². The summed E-state index contributed by atoms with van der Waals surface area (Å²) >= 11 is 0. The molecule has 0 bridgehead atoms. The number of nitrogens with two attached hydrogens (primary N) is 3. The van der Waals surface area contributed by atoms with Crippen molar-refractivity contribution in [2.45, 2.75) is 45.1 Å². The number of aromatic nitrogens is 1. The number of hydrogen-bond donors (Lipinski definition) is 3. The van der Waals surface area contributed by atoms with Crippen LogP contribution in [0.5, 0.6) is 5.75 Å². The van der Waals surface area contributed by atoms with Crippen molar-refractivity contribution in [2.24, 2.45) is 17.3 Å². The van der Waals surface area contributed by atoms with Crippen LogP contribution >= 0.6 is 0 Å². The molecular weight excluding hydrogens is 266 g/mol. The number of pyridine rings is 1. The molecule has 1 saturated carbocycles. The van der Waals surface area contributed by atoms with E-state index in [1.165, 1.54) is 24.3 Å². The Kier molecular flexibility index (Phi) is 4.90.